The van der Waals surface area contributed by atoms with Gasteiger partial charge in [0.2, 0.25) is 0 Å². The van der Waals surface area contributed by atoms with Gasteiger partial charge in [0.15, 0.2) is 0 Å². The number of hydrogen-bond acceptors (Lipinski definition) is 4. The molecule has 1 aromatic heterocycles. The Morgan fingerprint density at radius 2 is 1.91 bits per heavy atom. The summed E-state index contributed by atoms with van der Waals surface area (Å²) in [7, 11) is 1.36. The summed E-state index contributed by atoms with van der Waals surface area (Å²) in [6.07, 6.45) is 1.80. The van der Waals surface area contributed by atoms with Crippen molar-refractivity contribution in [3.8, 4) is 5.69 Å². The van der Waals surface area contributed by atoms with Crippen molar-refractivity contribution in [1.82, 2.24) is 4.57 Å². The SMILES string of the molecule is COC(=O)C1=C[C@@H](C)c2oc(=O)n(-c3ccccc3)c2[C@H]1C. The lowest BCUT2D eigenvalue weighted by Crippen LogP contribution is -2.22. The Labute approximate surface area is 127 Å². The van der Waals surface area contributed by atoms with Crippen LogP contribution in [0.5, 0.6) is 0 Å². The monoisotopic (exact) mass is 299 g/mol. The van der Waals surface area contributed by atoms with Crippen LogP contribution in [0, 0.1) is 0 Å². The van der Waals surface area contributed by atoms with E-state index in [4.69, 9.17) is 9.15 Å². The smallest absolute Gasteiger partial charge is 0.424 e. The number of hydrogen-bond donors (Lipinski definition) is 0. The zero-order valence-corrected chi connectivity index (χ0v) is 12.7. The van der Waals surface area contributed by atoms with E-state index in [9.17, 15) is 9.59 Å². The molecule has 2 aromatic rings. The minimum absolute atomic E-state index is 0.155. The van der Waals surface area contributed by atoms with Crippen molar-refractivity contribution in [2.45, 2.75) is 25.7 Å². The van der Waals surface area contributed by atoms with Crippen molar-refractivity contribution < 1.29 is 13.9 Å². The van der Waals surface area contributed by atoms with Gasteiger partial charge in [-0.05, 0) is 12.1 Å². The largest absolute Gasteiger partial charge is 0.466 e. The van der Waals surface area contributed by atoms with Crippen molar-refractivity contribution in [2.24, 2.45) is 0 Å². The molecule has 114 valence electrons. The van der Waals surface area contributed by atoms with Gasteiger partial charge in [-0.2, -0.15) is 0 Å². The van der Waals surface area contributed by atoms with Crippen LogP contribution in [0.2, 0.25) is 0 Å². The van der Waals surface area contributed by atoms with E-state index in [1.165, 1.54) is 11.7 Å². The van der Waals surface area contributed by atoms with Gasteiger partial charge in [0, 0.05) is 17.4 Å². The van der Waals surface area contributed by atoms with Crippen LogP contribution in [0.1, 0.15) is 37.1 Å². The fourth-order valence-electron chi connectivity index (χ4n) is 2.95. The summed E-state index contributed by atoms with van der Waals surface area (Å²) >= 11 is 0. The Kier molecular flexibility index (Phi) is 3.48. The third-order valence-electron chi connectivity index (χ3n) is 4.03. The maximum absolute atomic E-state index is 12.3. The van der Waals surface area contributed by atoms with Crippen LogP contribution >= 0.6 is 0 Å². The number of para-hydroxylation sites is 1. The second-order valence-electron chi connectivity index (χ2n) is 5.41. The van der Waals surface area contributed by atoms with Crippen molar-refractivity contribution in [1.29, 1.82) is 0 Å². The number of oxazole rings is 1. The van der Waals surface area contributed by atoms with Crippen molar-refractivity contribution in [3.63, 3.8) is 0 Å². The topological polar surface area (TPSA) is 61.4 Å². The fraction of sp³-hybridized carbons (Fsp3) is 0.294. The third kappa shape index (κ3) is 2.09. The Bertz CT molecular complexity index is 798. The summed E-state index contributed by atoms with van der Waals surface area (Å²) in [6.45, 7) is 3.77. The minimum atomic E-state index is -0.436. The van der Waals surface area contributed by atoms with Crippen molar-refractivity contribution >= 4 is 5.97 Å². The predicted molar refractivity (Wildman–Crippen MR) is 81.2 cm³/mol. The van der Waals surface area contributed by atoms with E-state index in [0.29, 0.717) is 17.0 Å². The highest BCUT2D eigenvalue weighted by Gasteiger charge is 2.34. The normalized spacial score (nSPS) is 20.2. The van der Waals surface area contributed by atoms with E-state index >= 15 is 0 Å². The molecule has 0 unspecified atom stereocenters. The van der Waals surface area contributed by atoms with E-state index in [0.717, 1.165) is 5.69 Å². The average molecular weight is 299 g/mol. The molecule has 0 saturated heterocycles. The number of carbonyl (C=O) groups is 1. The first-order valence-corrected chi connectivity index (χ1v) is 7.15. The number of benzene rings is 1. The molecule has 3 rings (SSSR count). The van der Waals surface area contributed by atoms with Crippen LogP contribution in [0.4, 0.5) is 0 Å². The number of aromatic nitrogens is 1. The highest BCUT2D eigenvalue weighted by molar-refractivity contribution is 5.90. The quantitative estimate of drug-likeness (QED) is 0.800. The number of nitrogens with zero attached hydrogens (tertiary/aromatic N) is 1. The Hall–Kier alpha value is -2.56. The molecule has 0 radical (unpaired) electrons. The molecule has 22 heavy (non-hydrogen) atoms. The fourth-order valence-corrected chi connectivity index (χ4v) is 2.95. The van der Waals surface area contributed by atoms with Gasteiger partial charge in [-0.15, -0.1) is 0 Å². The zero-order chi connectivity index (χ0) is 15.9. The first-order chi connectivity index (χ1) is 10.5. The van der Waals surface area contributed by atoms with Gasteiger partial charge in [0.1, 0.15) is 5.76 Å². The molecule has 2 atom stereocenters. The van der Waals surface area contributed by atoms with Crippen molar-refractivity contribution in [2.75, 3.05) is 7.11 Å². The molecule has 0 fully saturated rings. The van der Waals surface area contributed by atoms with Gasteiger partial charge in [-0.1, -0.05) is 38.1 Å². The number of fused-ring (bicyclic) bond motifs is 1. The number of methoxy groups -OCH3 is 1. The minimum Gasteiger partial charge on any atom is -0.466 e. The standard InChI is InChI=1S/C17H17NO4/c1-10-9-13(16(19)21-3)11(2)14-15(10)22-17(20)18(14)12-7-5-4-6-8-12/h4-11H,1-3H3/t10-,11+/m1/s1. The number of esters is 1. The van der Waals surface area contributed by atoms with Gasteiger partial charge in [-0.25, -0.2) is 14.2 Å². The Morgan fingerprint density at radius 3 is 2.55 bits per heavy atom. The van der Waals surface area contributed by atoms with Gasteiger partial charge in [0.05, 0.1) is 18.5 Å². The van der Waals surface area contributed by atoms with E-state index in [1.807, 2.05) is 44.2 Å². The summed E-state index contributed by atoms with van der Waals surface area (Å²) in [4.78, 5) is 24.3. The summed E-state index contributed by atoms with van der Waals surface area (Å²) in [5.41, 5.74) is 1.99. The van der Waals surface area contributed by atoms with Gasteiger partial charge >= 0.3 is 11.7 Å². The summed E-state index contributed by atoms with van der Waals surface area (Å²) in [5.74, 6) is -0.634. The molecule has 5 heteroatoms. The molecular formula is C17H17NO4. The molecule has 0 aliphatic heterocycles. The lowest BCUT2D eigenvalue weighted by molar-refractivity contribution is -0.136. The summed E-state index contributed by atoms with van der Waals surface area (Å²) in [5, 5.41) is 0. The molecule has 1 aliphatic carbocycles. The van der Waals surface area contributed by atoms with Crippen LogP contribution in [-0.2, 0) is 9.53 Å². The van der Waals surface area contributed by atoms with Crippen LogP contribution < -0.4 is 5.76 Å². The Morgan fingerprint density at radius 1 is 1.23 bits per heavy atom. The molecule has 0 bridgehead atoms. The molecule has 5 nitrogen and oxygen atoms in total. The van der Waals surface area contributed by atoms with Gasteiger partial charge in [0.25, 0.3) is 0 Å². The number of carbonyl (C=O) groups excluding carboxylic acids is 1. The second kappa shape index (κ2) is 5.33. The van der Waals surface area contributed by atoms with E-state index in [2.05, 4.69) is 0 Å². The Balaban J connectivity index is 2.21. The summed E-state index contributed by atoms with van der Waals surface area (Å²) < 4.78 is 11.8. The number of ether oxygens (including phenoxy) is 1. The summed E-state index contributed by atoms with van der Waals surface area (Å²) in [6, 6.07) is 9.27. The van der Waals surface area contributed by atoms with Crippen LogP contribution in [-0.4, -0.2) is 17.6 Å². The molecule has 1 aromatic carbocycles. The number of allylic oxidation sites excluding steroid dienone is 1. The molecule has 1 aliphatic rings. The molecule has 0 amide bonds. The van der Waals surface area contributed by atoms with E-state index in [1.54, 1.807) is 6.08 Å². The first kappa shape index (κ1) is 14.4. The molecule has 1 heterocycles. The van der Waals surface area contributed by atoms with E-state index < -0.39 is 5.76 Å². The number of rotatable bonds is 2. The van der Waals surface area contributed by atoms with Gasteiger partial charge in [-0.3, -0.25) is 0 Å². The van der Waals surface area contributed by atoms with Gasteiger partial charge < -0.3 is 9.15 Å². The van der Waals surface area contributed by atoms with Crippen molar-refractivity contribution in [3.05, 3.63) is 64.0 Å². The highest BCUT2D eigenvalue weighted by atomic mass is 16.5. The highest BCUT2D eigenvalue weighted by Crippen LogP contribution is 2.38. The zero-order valence-electron chi connectivity index (χ0n) is 12.7. The lowest BCUT2D eigenvalue weighted by Gasteiger charge is -2.23. The third-order valence-corrected chi connectivity index (χ3v) is 4.03. The van der Waals surface area contributed by atoms with E-state index in [-0.39, 0.29) is 17.8 Å². The lowest BCUT2D eigenvalue weighted by atomic mass is 9.85. The molecule has 0 N–H and O–H groups in total. The second-order valence-corrected chi connectivity index (χ2v) is 5.41. The molecule has 0 saturated carbocycles. The maximum Gasteiger partial charge on any atom is 0.424 e. The van der Waals surface area contributed by atoms with Crippen LogP contribution in [0.25, 0.3) is 5.69 Å². The molecule has 0 spiro atoms. The first-order valence-electron chi connectivity index (χ1n) is 7.15. The maximum atomic E-state index is 12.3. The predicted octanol–water partition coefficient (Wildman–Crippen LogP) is 2.75. The average Bonchev–Trinajstić information content (AvgIpc) is 2.89. The van der Waals surface area contributed by atoms with Crippen LogP contribution in [0.15, 0.2) is 51.2 Å². The van der Waals surface area contributed by atoms with Crippen LogP contribution in [0.3, 0.4) is 0 Å². The molecular weight excluding hydrogens is 282 g/mol.